The van der Waals surface area contributed by atoms with Crippen LogP contribution < -0.4 is 10.2 Å². The van der Waals surface area contributed by atoms with Crippen LogP contribution >= 0.6 is 0 Å². The van der Waals surface area contributed by atoms with Crippen molar-refractivity contribution in [1.29, 1.82) is 0 Å². The third-order valence-corrected chi connectivity index (χ3v) is 4.05. The molecule has 3 heterocycles. The molecule has 1 aliphatic heterocycles. The molecule has 0 aliphatic carbocycles. The summed E-state index contributed by atoms with van der Waals surface area (Å²) < 4.78 is 1.80. The van der Waals surface area contributed by atoms with Crippen LogP contribution in [0.3, 0.4) is 0 Å². The monoisotopic (exact) mass is 287 g/mol. The van der Waals surface area contributed by atoms with Crippen LogP contribution in [-0.4, -0.2) is 44.6 Å². The molecule has 0 spiro atoms. The topological polar surface area (TPSA) is 71.8 Å². The van der Waals surface area contributed by atoms with Crippen molar-refractivity contribution in [2.45, 2.75) is 26.2 Å². The lowest BCUT2D eigenvalue weighted by molar-refractivity contribution is 0.392. The molecule has 0 amide bonds. The van der Waals surface area contributed by atoms with E-state index in [1.54, 1.807) is 17.1 Å². The second-order valence-electron chi connectivity index (χ2n) is 5.32. The van der Waals surface area contributed by atoms with Crippen LogP contribution in [0.15, 0.2) is 18.7 Å². The molecular weight excluding hydrogens is 266 g/mol. The summed E-state index contributed by atoms with van der Waals surface area (Å²) in [5.41, 5.74) is 0. The minimum absolute atomic E-state index is 0.585. The van der Waals surface area contributed by atoms with E-state index in [4.69, 9.17) is 0 Å². The molecule has 21 heavy (non-hydrogen) atoms. The number of nitrogens with one attached hydrogen (secondary N) is 1. The van der Waals surface area contributed by atoms with Gasteiger partial charge in [0.2, 0.25) is 17.8 Å². The van der Waals surface area contributed by atoms with Crippen LogP contribution in [-0.2, 0) is 0 Å². The van der Waals surface area contributed by atoms with E-state index in [0.717, 1.165) is 25.0 Å². The van der Waals surface area contributed by atoms with Crippen molar-refractivity contribution in [1.82, 2.24) is 24.5 Å². The van der Waals surface area contributed by atoms with E-state index < -0.39 is 0 Å². The standard InChI is InChI=1S/C14H21N7/c1-3-11-4-7-20(8-5-11)13-17-12(15-2)18-14(19-13)21-9-6-16-10-21/h6,9-11H,3-5,7-8H2,1-2H3,(H,15,17,18,19). The Kier molecular flexibility index (Phi) is 3.98. The van der Waals surface area contributed by atoms with Gasteiger partial charge in [-0.15, -0.1) is 0 Å². The fourth-order valence-electron chi connectivity index (χ4n) is 2.64. The maximum absolute atomic E-state index is 4.59. The summed E-state index contributed by atoms with van der Waals surface area (Å²) in [7, 11) is 1.82. The number of piperidine rings is 1. The van der Waals surface area contributed by atoms with Gasteiger partial charge in [-0.2, -0.15) is 15.0 Å². The first-order valence-corrected chi connectivity index (χ1v) is 7.47. The van der Waals surface area contributed by atoms with Gasteiger partial charge in [-0.1, -0.05) is 13.3 Å². The fourth-order valence-corrected chi connectivity index (χ4v) is 2.64. The summed E-state index contributed by atoms with van der Waals surface area (Å²) in [6.45, 7) is 4.28. The number of nitrogens with zero attached hydrogens (tertiary/aromatic N) is 6. The first-order valence-electron chi connectivity index (χ1n) is 7.47. The molecule has 3 rings (SSSR count). The summed E-state index contributed by atoms with van der Waals surface area (Å²) >= 11 is 0. The highest BCUT2D eigenvalue weighted by atomic mass is 15.3. The number of hydrogen-bond donors (Lipinski definition) is 1. The SMILES string of the molecule is CCC1CCN(c2nc(NC)nc(-n3ccnc3)n2)CC1. The summed E-state index contributed by atoms with van der Waals surface area (Å²) in [6, 6.07) is 0. The summed E-state index contributed by atoms with van der Waals surface area (Å²) in [4.78, 5) is 19.8. The second-order valence-corrected chi connectivity index (χ2v) is 5.32. The zero-order valence-electron chi connectivity index (χ0n) is 12.5. The van der Waals surface area contributed by atoms with E-state index >= 15 is 0 Å². The molecule has 1 saturated heterocycles. The van der Waals surface area contributed by atoms with Gasteiger partial charge < -0.3 is 10.2 Å². The molecule has 0 saturated carbocycles. The van der Waals surface area contributed by atoms with Crippen LogP contribution in [0.2, 0.25) is 0 Å². The van der Waals surface area contributed by atoms with Crippen LogP contribution in [0, 0.1) is 5.92 Å². The third kappa shape index (κ3) is 2.96. The van der Waals surface area contributed by atoms with E-state index in [1.165, 1.54) is 19.3 Å². The average molecular weight is 287 g/mol. The van der Waals surface area contributed by atoms with Crippen molar-refractivity contribution in [3.63, 3.8) is 0 Å². The van der Waals surface area contributed by atoms with Gasteiger partial charge in [0.1, 0.15) is 6.33 Å². The van der Waals surface area contributed by atoms with E-state index in [1.807, 2.05) is 13.2 Å². The molecule has 0 aromatic carbocycles. The maximum Gasteiger partial charge on any atom is 0.241 e. The lowest BCUT2D eigenvalue weighted by Crippen LogP contribution is -2.35. The van der Waals surface area contributed by atoms with Crippen molar-refractivity contribution in [2.24, 2.45) is 5.92 Å². The van der Waals surface area contributed by atoms with Gasteiger partial charge in [0, 0.05) is 32.5 Å². The number of imidazole rings is 1. The molecule has 0 radical (unpaired) electrons. The molecule has 0 bridgehead atoms. The minimum Gasteiger partial charge on any atom is -0.357 e. The molecule has 112 valence electrons. The molecule has 0 unspecified atom stereocenters. The Hall–Kier alpha value is -2.18. The predicted octanol–water partition coefficient (Wildman–Crippen LogP) is 1.73. The van der Waals surface area contributed by atoms with Gasteiger partial charge in [0.15, 0.2) is 0 Å². The largest absolute Gasteiger partial charge is 0.357 e. The van der Waals surface area contributed by atoms with Crippen LogP contribution in [0.25, 0.3) is 5.95 Å². The highest BCUT2D eigenvalue weighted by Gasteiger charge is 2.21. The van der Waals surface area contributed by atoms with E-state index in [-0.39, 0.29) is 0 Å². The smallest absolute Gasteiger partial charge is 0.241 e. The van der Waals surface area contributed by atoms with Gasteiger partial charge in [0.25, 0.3) is 0 Å². The van der Waals surface area contributed by atoms with Crippen molar-refractivity contribution < 1.29 is 0 Å². The molecule has 7 heteroatoms. The highest BCUT2D eigenvalue weighted by molar-refractivity contribution is 5.40. The summed E-state index contributed by atoms with van der Waals surface area (Å²) in [6.07, 6.45) is 8.92. The lowest BCUT2D eigenvalue weighted by Gasteiger charge is -2.31. The van der Waals surface area contributed by atoms with Crippen LogP contribution in [0.1, 0.15) is 26.2 Å². The zero-order chi connectivity index (χ0) is 14.7. The summed E-state index contributed by atoms with van der Waals surface area (Å²) in [5, 5.41) is 3.01. The van der Waals surface area contributed by atoms with E-state index in [2.05, 4.69) is 37.1 Å². The normalized spacial score (nSPS) is 16.2. The molecule has 2 aromatic heterocycles. The Morgan fingerprint density at radius 3 is 2.57 bits per heavy atom. The maximum atomic E-state index is 4.59. The average Bonchev–Trinajstić information content (AvgIpc) is 3.09. The quantitative estimate of drug-likeness (QED) is 0.923. The first kappa shape index (κ1) is 13.8. The second kappa shape index (κ2) is 6.07. The predicted molar refractivity (Wildman–Crippen MR) is 81.7 cm³/mol. The Balaban J connectivity index is 1.86. The van der Waals surface area contributed by atoms with Gasteiger partial charge >= 0.3 is 0 Å². The van der Waals surface area contributed by atoms with Gasteiger partial charge in [0.05, 0.1) is 0 Å². The number of anilines is 2. The number of rotatable bonds is 4. The van der Waals surface area contributed by atoms with Crippen molar-refractivity contribution >= 4 is 11.9 Å². The van der Waals surface area contributed by atoms with Gasteiger partial charge in [-0.3, -0.25) is 4.57 Å². The van der Waals surface area contributed by atoms with Gasteiger partial charge in [-0.05, 0) is 18.8 Å². The third-order valence-electron chi connectivity index (χ3n) is 4.05. The minimum atomic E-state index is 0.585. The lowest BCUT2D eigenvalue weighted by atomic mass is 9.95. The van der Waals surface area contributed by atoms with E-state index in [9.17, 15) is 0 Å². The molecule has 7 nitrogen and oxygen atoms in total. The molecule has 1 N–H and O–H groups in total. The number of hydrogen-bond acceptors (Lipinski definition) is 6. The highest BCUT2D eigenvalue weighted by Crippen LogP contribution is 2.23. The molecule has 1 fully saturated rings. The molecule has 2 aromatic rings. The van der Waals surface area contributed by atoms with E-state index in [0.29, 0.717) is 11.9 Å². The van der Waals surface area contributed by atoms with Crippen molar-refractivity contribution in [2.75, 3.05) is 30.4 Å². The van der Waals surface area contributed by atoms with Crippen molar-refractivity contribution in [3.05, 3.63) is 18.7 Å². The Bertz CT molecular complexity index is 573. The van der Waals surface area contributed by atoms with Gasteiger partial charge in [-0.25, -0.2) is 4.98 Å². The number of aromatic nitrogens is 5. The summed E-state index contributed by atoms with van der Waals surface area (Å²) in [5.74, 6) is 2.76. The zero-order valence-corrected chi connectivity index (χ0v) is 12.5. The molecular formula is C14H21N7. The Morgan fingerprint density at radius 2 is 1.95 bits per heavy atom. The Morgan fingerprint density at radius 1 is 1.19 bits per heavy atom. The molecule has 0 atom stereocenters. The van der Waals surface area contributed by atoms with Crippen molar-refractivity contribution in [3.8, 4) is 5.95 Å². The fraction of sp³-hybridized carbons (Fsp3) is 0.571. The Labute approximate surface area is 124 Å². The van der Waals surface area contributed by atoms with Crippen LogP contribution in [0.4, 0.5) is 11.9 Å². The molecule has 1 aliphatic rings. The first-order chi connectivity index (χ1) is 10.3. The van der Waals surface area contributed by atoms with Crippen LogP contribution in [0.5, 0.6) is 0 Å².